The molecule has 1 atom stereocenters. The molecule has 1 aromatic carbocycles. The first-order valence-corrected chi connectivity index (χ1v) is 7.01. The number of fused-ring (bicyclic) bond motifs is 1. The molecule has 1 heterocycles. The van der Waals surface area contributed by atoms with Gasteiger partial charge in [-0.1, -0.05) is 26.0 Å². The number of aryl methyl sites for hydroxylation is 1. The summed E-state index contributed by atoms with van der Waals surface area (Å²) in [5.74, 6) is 0.987. The fourth-order valence-corrected chi connectivity index (χ4v) is 3.44. The van der Waals surface area contributed by atoms with Gasteiger partial charge in [0.05, 0.1) is 16.6 Å². The topological polar surface area (TPSA) is 38.0 Å². The molecule has 1 saturated carbocycles. The van der Waals surface area contributed by atoms with Gasteiger partial charge in [0.1, 0.15) is 5.82 Å². The Morgan fingerprint density at radius 2 is 2.00 bits per heavy atom. The smallest absolute Gasteiger partial charge is 0.112 e. The standard InChI is InChI=1S/C16H22N2O/c1-15(2)8-9-16(19,11-15)10-14-17-12-6-4-5-7-13(12)18(14)3/h4-7,19H,8-11H2,1-3H3. The predicted octanol–water partition coefficient (Wildman–Crippen LogP) is 3.06. The molecule has 102 valence electrons. The maximum Gasteiger partial charge on any atom is 0.112 e. The zero-order valence-electron chi connectivity index (χ0n) is 12.0. The second-order valence-corrected chi connectivity index (χ2v) is 6.82. The van der Waals surface area contributed by atoms with Gasteiger partial charge in [-0.2, -0.15) is 0 Å². The summed E-state index contributed by atoms with van der Waals surface area (Å²) in [5, 5.41) is 10.8. The van der Waals surface area contributed by atoms with Crippen LogP contribution in [0, 0.1) is 5.41 Å². The van der Waals surface area contributed by atoms with Crippen molar-refractivity contribution in [3.05, 3.63) is 30.1 Å². The lowest BCUT2D eigenvalue weighted by Gasteiger charge is -2.24. The monoisotopic (exact) mass is 258 g/mol. The third-order valence-electron chi connectivity index (χ3n) is 4.44. The summed E-state index contributed by atoms with van der Waals surface area (Å²) in [6.07, 6.45) is 3.49. The number of hydrogen-bond acceptors (Lipinski definition) is 2. The van der Waals surface area contributed by atoms with Crippen molar-refractivity contribution in [2.45, 2.75) is 45.1 Å². The van der Waals surface area contributed by atoms with E-state index in [1.807, 2.05) is 25.2 Å². The van der Waals surface area contributed by atoms with Crippen molar-refractivity contribution in [1.82, 2.24) is 9.55 Å². The van der Waals surface area contributed by atoms with Gasteiger partial charge < -0.3 is 9.67 Å². The minimum atomic E-state index is -0.585. The maximum absolute atomic E-state index is 10.8. The number of para-hydroxylation sites is 2. The minimum Gasteiger partial charge on any atom is -0.389 e. The summed E-state index contributed by atoms with van der Waals surface area (Å²) >= 11 is 0. The van der Waals surface area contributed by atoms with Crippen molar-refractivity contribution < 1.29 is 5.11 Å². The summed E-state index contributed by atoms with van der Waals surface area (Å²) in [6, 6.07) is 8.14. The Bertz CT molecular complexity index is 614. The van der Waals surface area contributed by atoms with E-state index in [0.29, 0.717) is 6.42 Å². The van der Waals surface area contributed by atoms with Crippen LogP contribution in [0.4, 0.5) is 0 Å². The Balaban J connectivity index is 1.92. The van der Waals surface area contributed by atoms with E-state index in [2.05, 4.69) is 29.5 Å². The van der Waals surface area contributed by atoms with E-state index >= 15 is 0 Å². The third kappa shape index (κ3) is 2.27. The van der Waals surface area contributed by atoms with Gasteiger partial charge in [-0.25, -0.2) is 4.98 Å². The van der Waals surface area contributed by atoms with Crippen LogP contribution in [0.25, 0.3) is 11.0 Å². The first-order valence-electron chi connectivity index (χ1n) is 7.01. The summed E-state index contributed by atoms with van der Waals surface area (Å²) in [7, 11) is 2.04. The Morgan fingerprint density at radius 1 is 1.26 bits per heavy atom. The lowest BCUT2D eigenvalue weighted by Crippen LogP contribution is -2.30. The molecule has 0 amide bonds. The Morgan fingerprint density at radius 3 is 2.63 bits per heavy atom. The summed E-state index contributed by atoms with van der Waals surface area (Å²) in [6.45, 7) is 4.47. The molecule has 0 aliphatic heterocycles. The highest BCUT2D eigenvalue weighted by molar-refractivity contribution is 5.75. The van der Waals surface area contributed by atoms with Crippen LogP contribution in [0.1, 0.15) is 38.9 Å². The van der Waals surface area contributed by atoms with Gasteiger partial charge in [0.2, 0.25) is 0 Å². The second kappa shape index (κ2) is 4.07. The van der Waals surface area contributed by atoms with Gasteiger partial charge in [-0.3, -0.25) is 0 Å². The molecule has 1 aromatic heterocycles. The quantitative estimate of drug-likeness (QED) is 0.899. The van der Waals surface area contributed by atoms with Gasteiger partial charge in [-0.05, 0) is 36.8 Å². The van der Waals surface area contributed by atoms with Gasteiger partial charge in [0.15, 0.2) is 0 Å². The van der Waals surface area contributed by atoms with E-state index < -0.39 is 5.60 Å². The number of nitrogens with zero attached hydrogens (tertiary/aromatic N) is 2. The van der Waals surface area contributed by atoms with Gasteiger partial charge >= 0.3 is 0 Å². The Labute approximate surface area is 114 Å². The van der Waals surface area contributed by atoms with E-state index in [4.69, 9.17) is 0 Å². The lowest BCUT2D eigenvalue weighted by molar-refractivity contribution is 0.0355. The van der Waals surface area contributed by atoms with Crippen molar-refractivity contribution in [2.24, 2.45) is 12.5 Å². The van der Waals surface area contributed by atoms with Crippen LogP contribution in [0.2, 0.25) is 0 Å². The Hall–Kier alpha value is -1.35. The minimum absolute atomic E-state index is 0.249. The highest BCUT2D eigenvalue weighted by Crippen LogP contribution is 2.44. The molecule has 0 saturated heterocycles. The van der Waals surface area contributed by atoms with E-state index in [1.165, 1.54) is 0 Å². The van der Waals surface area contributed by atoms with Crippen molar-refractivity contribution in [1.29, 1.82) is 0 Å². The zero-order valence-corrected chi connectivity index (χ0v) is 12.0. The summed E-state index contributed by atoms with van der Waals surface area (Å²) < 4.78 is 2.11. The molecule has 3 heteroatoms. The van der Waals surface area contributed by atoms with Crippen LogP contribution >= 0.6 is 0 Å². The molecule has 3 rings (SSSR count). The van der Waals surface area contributed by atoms with Crippen molar-refractivity contribution >= 4 is 11.0 Å². The highest BCUT2D eigenvalue weighted by Gasteiger charge is 2.42. The summed E-state index contributed by atoms with van der Waals surface area (Å²) in [4.78, 5) is 4.67. The molecular weight excluding hydrogens is 236 g/mol. The van der Waals surface area contributed by atoms with Crippen LogP contribution in [-0.4, -0.2) is 20.3 Å². The van der Waals surface area contributed by atoms with Crippen LogP contribution < -0.4 is 0 Å². The largest absolute Gasteiger partial charge is 0.389 e. The fourth-order valence-electron chi connectivity index (χ4n) is 3.44. The number of hydrogen-bond donors (Lipinski definition) is 1. The number of imidazole rings is 1. The van der Waals surface area contributed by atoms with E-state index in [-0.39, 0.29) is 5.41 Å². The van der Waals surface area contributed by atoms with Crippen LogP contribution in [0.3, 0.4) is 0 Å². The van der Waals surface area contributed by atoms with Crippen LogP contribution in [-0.2, 0) is 13.5 Å². The molecule has 0 spiro atoms. The number of aromatic nitrogens is 2. The average molecular weight is 258 g/mol. The fraction of sp³-hybridized carbons (Fsp3) is 0.562. The van der Waals surface area contributed by atoms with Crippen LogP contribution in [0.15, 0.2) is 24.3 Å². The first-order chi connectivity index (χ1) is 8.89. The van der Waals surface area contributed by atoms with E-state index in [1.54, 1.807) is 0 Å². The second-order valence-electron chi connectivity index (χ2n) is 6.82. The zero-order chi connectivity index (χ0) is 13.7. The Kier molecular flexibility index (Phi) is 2.72. The van der Waals surface area contributed by atoms with Crippen molar-refractivity contribution in [2.75, 3.05) is 0 Å². The third-order valence-corrected chi connectivity index (χ3v) is 4.44. The average Bonchev–Trinajstić information content (AvgIpc) is 2.78. The van der Waals surface area contributed by atoms with Crippen molar-refractivity contribution in [3.8, 4) is 0 Å². The SMILES string of the molecule is Cn1c(CC2(O)CCC(C)(C)C2)nc2ccccc21. The number of aliphatic hydroxyl groups is 1. The van der Waals surface area contributed by atoms with Crippen LogP contribution in [0.5, 0.6) is 0 Å². The molecular formula is C16H22N2O. The predicted molar refractivity (Wildman–Crippen MR) is 77.0 cm³/mol. The molecule has 1 unspecified atom stereocenters. The molecule has 3 nitrogen and oxygen atoms in total. The van der Waals surface area contributed by atoms with Gasteiger partial charge in [-0.15, -0.1) is 0 Å². The van der Waals surface area contributed by atoms with Gasteiger partial charge in [0.25, 0.3) is 0 Å². The molecule has 1 aliphatic carbocycles. The maximum atomic E-state index is 10.8. The lowest BCUT2D eigenvalue weighted by atomic mass is 9.88. The molecule has 1 N–H and O–H groups in total. The molecule has 1 fully saturated rings. The molecule has 2 aromatic rings. The molecule has 0 radical (unpaired) electrons. The highest BCUT2D eigenvalue weighted by atomic mass is 16.3. The first kappa shape index (κ1) is 12.7. The van der Waals surface area contributed by atoms with E-state index in [9.17, 15) is 5.11 Å². The summed E-state index contributed by atoms with van der Waals surface area (Å²) in [5.41, 5.74) is 1.82. The molecule has 1 aliphatic rings. The normalized spacial score (nSPS) is 26.1. The van der Waals surface area contributed by atoms with Gasteiger partial charge in [0, 0.05) is 13.5 Å². The molecule has 0 bridgehead atoms. The number of benzene rings is 1. The molecule has 19 heavy (non-hydrogen) atoms. The van der Waals surface area contributed by atoms with E-state index in [0.717, 1.165) is 36.1 Å². The number of rotatable bonds is 2. The van der Waals surface area contributed by atoms with Crippen molar-refractivity contribution in [3.63, 3.8) is 0 Å².